The molecule has 0 bridgehead atoms. The van der Waals surface area contributed by atoms with Gasteiger partial charge in [0.25, 0.3) is 0 Å². The molecule has 0 aliphatic rings. The molecule has 3 N–H and O–H groups in total. The van der Waals surface area contributed by atoms with Gasteiger partial charge in [-0.25, -0.2) is 0 Å². The molecule has 0 aliphatic heterocycles. The molecule has 0 aromatic heterocycles. The van der Waals surface area contributed by atoms with Gasteiger partial charge in [-0.3, -0.25) is 5.41 Å². The largest absolute Gasteiger partial charge is 0.497 e. The van der Waals surface area contributed by atoms with Gasteiger partial charge in [-0.05, 0) is 18.6 Å². The molecule has 1 aromatic rings. The van der Waals surface area contributed by atoms with Crippen molar-refractivity contribution in [3.63, 3.8) is 0 Å². The van der Waals surface area contributed by atoms with Crippen molar-refractivity contribution in [2.24, 2.45) is 5.73 Å². The third kappa shape index (κ3) is 5.95. The highest BCUT2D eigenvalue weighted by Crippen LogP contribution is 2.22. The average Bonchev–Trinajstić information content (AvgIpc) is 2.46. The van der Waals surface area contributed by atoms with Crippen LogP contribution in [0.5, 0.6) is 11.5 Å². The van der Waals surface area contributed by atoms with Crippen molar-refractivity contribution in [3.8, 4) is 11.5 Å². The lowest BCUT2D eigenvalue weighted by Crippen LogP contribution is -2.11. The van der Waals surface area contributed by atoms with E-state index in [4.69, 9.17) is 20.6 Å². The Kier molecular flexibility index (Phi) is 7.55. The molecular formula is C16H26N2O2. The molecule has 20 heavy (non-hydrogen) atoms. The van der Waals surface area contributed by atoms with Crippen LogP contribution in [0.4, 0.5) is 0 Å². The first kappa shape index (κ1) is 16.3. The topological polar surface area (TPSA) is 68.3 Å². The van der Waals surface area contributed by atoms with Gasteiger partial charge >= 0.3 is 0 Å². The van der Waals surface area contributed by atoms with Crippen LogP contribution < -0.4 is 15.2 Å². The normalized spacial score (nSPS) is 10.3. The van der Waals surface area contributed by atoms with Crippen LogP contribution in [0.15, 0.2) is 18.2 Å². The zero-order valence-electron chi connectivity index (χ0n) is 12.6. The minimum absolute atomic E-state index is 0.0216. The van der Waals surface area contributed by atoms with Crippen LogP contribution in [0.2, 0.25) is 0 Å². The van der Waals surface area contributed by atoms with E-state index < -0.39 is 0 Å². The van der Waals surface area contributed by atoms with Gasteiger partial charge < -0.3 is 15.2 Å². The summed E-state index contributed by atoms with van der Waals surface area (Å²) in [7, 11) is 1.59. The third-order valence-corrected chi connectivity index (χ3v) is 3.19. The summed E-state index contributed by atoms with van der Waals surface area (Å²) in [6.45, 7) is 2.91. The van der Waals surface area contributed by atoms with Crippen molar-refractivity contribution in [1.29, 1.82) is 5.41 Å². The van der Waals surface area contributed by atoms with Crippen LogP contribution in [-0.2, 0) is 0 Å². The van der Waals surface area contributed by atoms with Gasteiger partial charge in [-0.1, -0.05) is 39.0 Å². The van der Waals surface area contributed by atoms with E-state index in [1.807, 2.05) is 6.07 Å². The summed E-state index contributed by atoms with van der Waals surface area (Å²) in [5, 5.41) is 7.48. The van der Waals surface area contributed by atoms with Crippen LogP contribution >= 0.6 is 0 Å². The zero-order chi connectivity index (χ0) is 14.8. The van der Waals surface area contributed by atoms with E-state index in [9.17, 15) is 0 Å². The summed E-state index contributed by atoms with van der Waals surface area (Å²) in [4.78, 5) is 0. The minimum atomic E-state index is 0.0216. The minimum Gasteiger partial charge on any atom is -0.497 e. The number of methoxy groups -OCH3 is 1. The Morgan fingerprint density at radius 3 is 2.35 bits per heavy atom. The number of amidine groups is 1. The smallest absolute Gasteiger partial charge is 0.123 e. The summed E-state index contributed by atoms with van der Waals surface area (Å²) in [6, 6.07) is 5.34. The fraction of sp³-hybridized carbons (Fsp3) is 0.562. The summed E-state index contributed by atoms with van der Waals surface area (Å²) in [5.74, 6) is 1.40. The molecular weight excluding hydrogens is 252 g/mol. The maximum atomic E-state index is 7.48. The lowest BCUT2D eigenvalue weighted by atomic mass is 10.1. The first-order valence-electron chi connectivity index (χ1n) is 7.33. The number of hydrogen-bond donors (Lipinski definition) is 2. The third-order valence-electron chi connectivity index (χ3n) is 3.19. The molecule has 1 aromatic carbocycles. The van der Waals surface area contributed by atoms with E-state index in [2.05, 4.69) is 6.92 Å². The van der Waals surface area contributed by atoms with E-state index >= 15 is 0 Å². The molecule has 0 heterocycles. The first-order valence-corrected chi connectivity index (χ1v) is 7.33. The molecule has 0 atom stereocenters. The molecule has 112 valence electrons. The fourth-order valence-corrected chi connectivity index (χ4v) is 2.00. The molecule has 0 spiro atoms. The molecule has 0 saturated carbocycles. The lowest BCUT2D eigenvalue weighted by molar-refractivity contribution is 0.302. The molecule has 0 amide bonds. The number of nitrogen functional groups attached to an aromatic ring is 1. The Bertz CT molecular complexity index is 419. The van der Waals surface area contributed by atoms with Gasteiger partial charge in [-0.2, -0.15) is 0 Å². The zero-order valence-corrected chi connectivity index (χ0v) is 12.6. The molecule has 4 heteroatoms. The highest BCUT2D eigenvalue weighted by molar-refractivity contribution is 5.95. The summed E-state index contributed by atoms with van der Waals surface area (Å²) >= 11 is 0. The van der Waals surface area contributed by atoms with Gasteiger partial charge in [-0.15, -0.1) is 0 Å². The Labute approximate surface area is 121 Å². The number of ether oxygens (including phenoxy) is 2. The Morgan fingerprint density at radius 1 is 1.05 bits per heavy atom. The second kappa shape index (κ2) is 9.23. The Balaban J connectivity index is 2.39. The number of unbranched alkanes of at least 4 members (excludes halogenated alkanes) is 5. The van der Waals surface area contributed by atoms with Crippen molar-refractivity contribution in [2.45, 2.75) is 45.4 Å². The molecule has 0 saturated heterocycles. The van der Waals surface area contributed by atoms with Crippen molar-refractivity contribution in [1.82, 2.24) is 0 Å². The van der Waals surface area contributed by atoms with Crippen molar-refractivity contribution < 1.29 is 9.47 Å². The van der Waals surface area contributed by atoms with Gasteiger partial charge in [0.1, 0.15) is 17.3 Å². The molecule has 0 unspecified atom stereocenters. The number of hydrogen-bond acceptors (Lipinski definition) is 3. The first-order chi connectivity index (χ1) is 9.67. The van der Waals surface area contributed by atoms with Crippen molar-refractivity contribution >= 4 is 5.84 Å². The molecule has 0 fully saturated rings. The van der Waals surface area contributed by atoms with E-state index in [-0.39, 0.29) is 5.84 Å². The molecule has 4 nitrogen and oxygen atoms in total. The number of nitrogens with one attached hydrogen (secondary N) is 1. The van der Waals surface area contributed by atoms with E-state index in [1.54, 1.807) is 19.2 Å². The highest BCUT2D eigenvalue weighted by atomic mass is 16.5. The average molecular weight is 278 g/mol. The van der Waals surface area contributed by atoms with Crippen molar-refractivity contribution in [2.75, 3.05) is 13.7 Å². The van der Waals surface area contributed by atoms with Crippen LogP contribution in [0, 0.1) is 5.41 Å². The number of rotatable bonds is 10. The van der Waals surface area contributed by atoms with Gasteiger partial charge in [0.15, 0.2) is 0 Å². The van der Waals surface area contributed by atoms with Crippen LogP contribution in [-0.4, -0.2) is 19.6 Å². The maximum absolute atomic E-state index is 7.48. The van der Waals surface area contributed by atoms with Crippen LogP contribution in [0.25, 0.3) is 0 Å². The SMILES string of the molecule is CCCCCCCCOc1cc(OC)cc(C(=N)N)c1. The summed E-state index contributed by atoms with van der Waals surface area (Å²) < 4.78 is 10.9. The van der Waals surface area contributed by atoms with Crippen molar-refractivity contribution in [3.05, 3.63) is 23.8 Å². The van der Waals surface area contributed by atoms with Crippen LogP contribution in [0.1, 0.15) is 51.0 Å². The van der Waals surface area contributed by atoms with Crippen LogP contribution in [0.3, 0.4) is 0 Å². The quantitative estimate of drug-likeness (QED) is 0.389. The van der Waals surface area contributed by atoms with Gasteiger partial charge in [0.2, 0.25) is 0 Å². The standard InChI is InChI=1S/C16H26N2O2/c1-3-4-5-6-7-8-9-20-15-11-13(16(17)18)10-14(12-15)19-2/h10-12H,3-9H2,1-2H3,(H3,17,18). The predicted molar refractivity (Wildman–Crippen MR) is 82.9 cm³/mol. The highest BCUT2D eigenvalue weighted by Gasteiger charge is 2.04. The molecule has 0 aliphatic carbocycles. The summed E-state index contributed by atoms with van der Waals surface area (Å²) in [5.41, 5.74) is 6.13. The summed E-state index contributed by atoms with van der Waals surface area (Å²) in [6.07, 6.45) is 7.42. The molecule has 1 rings (SSSR count). The monoisotopic (exact) mass is 278 g/mol. The Morgan fingerprint density at radius 2 is 1.70 bits per heavy atom. The van der Waals surface area contributed by atoms with E-state index in [1.165, 1.54) is 32.1 Å². The second-order valence-electron chi connectivity index (χ2n) is 4.93. The maximum Gasteiger partial charge on any atom is 0.123 e. The molecule has 0 radical (unpaired) electrons. The van der Waals surface area contributed by atoms with E-state index in [0.717, 1.165) is 6.42 Å². The number of nitrogens with two attached hydrogens (primary N) is 1. The lowest BCUT2D eigenvalue weighted by Gasteiger charge is -2.10. The Hall–Kier alpha value is -1.71. The van der Waals surface area contributed by atoms with Gasteiger partial charge in [0.05, 0.1) is 13.7 Å². The van der Waals surface area contributed by atoms with E-state index in [0.29, 0.717) is 23.7 Å². The fourth-order valence-electron chi connectivity index (χ4n) is 2.00. The second-order valence-corrected chi connectivity index (χ2v) is 4.93. The number of benzene rings is 1. The van der Waals surface area contributed by atoms with Gasteiger partial charge in [0, 0.05) is 11.6 Å². The predicted octanol–water partition coefficient (Wildman–Crippen LogP) is 3.72.